The fraction of sp³-hybridized carbons (Fsp3) is 0.625. The maximum atomic E-state index is 9.72. The van der Waals surface area contributed by atoms with Crippen LogP contribution in [0.4, 0.5) is 0 Å². The zero-order chi connectivity index (χ0) is 13.5. The molecule has 3 heteroatoms. The molecule has 19 heavy (non-hydrogen) atoms. The van der Waals surface area contributed by atoms with Crippen molar-refractivity contribution in [3.05, 3.63) is 23.8 Å². The summed E-state index contributed by atoms with van der Waals surface area (Å²) >= 11 is 0. The van der Waals surface area contributed by atoms with Gasteiger partial charge in [-0.1, -0.05) is 12.1 Å². The van der Waals surface area contributed by atoms with Crippen LogP contribution in [-0.2, 0) is 6.42 Å². The van der Waals surface area contributed by atoms with E-state index in [0.29, 0.717) is 0 Å². The predicted molar refractivity (Wildman–Crippen MR) is 73.7 cm³/mol. The van der Waals surface area contributed by atoms with Gasteiger partial charge in [-0.2, -0.15) is 0 Å². The first-order valence-electron chi connectivity index (χ1n) is 7.19. The molecule has 1 aromatic carbocycles. The summed E-state index contributed by atoms with van der Waals surface area (Å²) in [6, 6.07) is 6.10. The number of hydrogen-bond donors (Lipinski definition) is 1. The van der Waals surface area contributed by atoms with Gasteiger partial charge in [0.1, 0.15) is 11.7 Å². The molecular weight excluding hydrogens is 240 g/mol. The lowest BCUT2D eigenvalue weighted by Crippen LogP contribution is -2.28. The third-order valence-corrected chi connectivity index (χ3v) is 3.95. The van der Waals surface area contributed by atoms with Crippen molar-refractivity contribution in [2.24, 2.45) is 0 Å². The van der Waals surface area contributed by atoms with Crippen LogP contribution < -0.4 is 9.47 Å². The van der Waals surface area contributed by atoms with Crippen molar-refractivity contribution in [1.29, 1.82) is 0 Å². The minimum atomic E-state index is -0.215. The van der Waals surface area contributed by atoms with Gasteiger partial charge < -0.3 is 14.6 Å². The maximum Gasteiger partial charge on any atom is 0.165 e. The second kappa shape index (κ2) is 4.71. The van der Waals surface area contributed by atoms with Gasteiger partial charge in [-0.15, -0.1) is 0 Å². The van der Waals surface area contributed by atoms with Crippen LogP contribution in [0.2, 0.25) is 0 Å². The molecule has 1 heterocycles. The van der Waals surface area contributed by atoms with E-state index in [9.17, 15) is 5.11 Å². The van der Waals surface area contributed by atoms with Crippen LogP contribution in [0, 0.1) is 0 Å². The molecule has 1 aromatic rings. The van der Waals surface area contributed by atoms with Crippen molar-refractivity contribution >= 4 is 0 Å². The Labute approximate surface area is 114 Å². The van der Waals surface area contributed by atoms with Crippen molar-refractivity contribution in [1.82, 2.24) is 0 Å². The SMILES string of the molecule is CC1(C)Cc2cccc(OC3CCCC(O)C3)c2O1. The van der Waals surface area contributed by atoms with Crippen LogP contribution in [-0.4, -0.2) is 22.9 Å². The second-order valence-electron chi connectivity index (χ2n) is 6.34. The predicted octanol–water partition coefficient (Wildman–Crippen LogP) is 3.08. The molecule has 1 fully saturated rings. The molecule has 0 radical (unpaired) electrons. The number of ether oxygens (including phenoxy) is 2. The Morgan fingerprint density at radius 3 is 2.95 bits per heavy atom. The summed E-state index contributed by atoms with van der Waals surface area (Å²) in [6.07, 6.45) is 4.50. The minimum absolute atomic E-state index is 0.113. The van der Waals surface area contributed by atoms with Gasteiger partial charge in [0.15, 0.2) is 11.5 Å². The van der Waals surface area contributed by atoms with Crippen LogP contribution in [0.3, 0.4) is 0 Å². The quantitative estimate of drug-likeness (QED) is 0.890. The molecule has 3 nitrogen and oxygen atoms in total. The average Bonchev–Trinajstić information content (AvgIpc) is 2.64. The van der Waals surface area contributed by atoms with Gasteiger partial charge in [-0.3, -0.25) is 0 Å². The van der Waals surface area contributed by atoms with E-state index in [2.05, 4.69) is 19.9 Å². The molecule has 104 valence electrons. The van der Waals surface area contributed by atoms with Crippen LogP contribution >= 0.6 is 0 Å². The van der Waals surface area contributed by atoms with Crippen molar-refractivity contribution in [2.45, 2.75) is 63.8 Å². The largest absolute Gasteiger partial charge is 0.486 e. The van der Waals surface area contributed by atoms with Gasteiger partial charge in [0, 0.05) is 18.4 Å². The number of benzene rings is 1. The van der Waals surface area contributed by atoms with Gasteiger partial charge >= 0.3 is 0 Å². The topological polar surface area (TPSA) is 38.7 Å². The fourth-order valence-electron chi connectivity index (χ4n) is 3.09. The number of aliphatic hydroxyl groups excluding tert-OH is 1. The van der Waals surface area contributed by atoms with E-state index in [1.165, 1.54) is 5.56 Å². The molecular formula is C16H22O3. The van der Waals surface area contributed by atoms with Crippen molar-refractivity contribution < 1.29 is 14.6 Å². The highest BCUT2D eigenvalue weighted by Gasteiger charge is 2.33. The lowest BCUT2D eigenvalue weighted by molar-refractivity contribution is 0.0496. The van der Waals surface area contributed by atoms with Crippen molar-refractivity contribution in [3.63, 3.8) is 0 Å². The Kier molecular flexibility index (Phi) is 3.17. The summed E-state index contributed by atoms with van der Waals surface area (Å²) in [5.74, 6) is 1.73. The lowest BCUT2D eigenvalue weighted by Gasteiger charge is -2.27. The third kappa shape index (κ3) is 2.71. The first kappa shape index (κ1) is 12.8. The molecule has 1 aliphatic heterocycles. The zero-order valence-corrected chi connectivity index (χ0v) is 11.7. The highest BCUT2D eigenvalue weighted by atomic mass is 16.5. The zero-order valence-electron chi connectivity index (χ0n) is 11.7. The molecule has 2 aliphatic rings. The fourth-order valence-corrected chi connectivity index (χ4v) is 3.09. The first-order valence-corrected chi connectivity index (χ1v) is 7.19. The number of fused-ring (bicyclic) bond motifs is 1. The highest BCUT2D eigenvalue weighted by Crippen LogP contribution is 2.42. The van der Waals surface area contributed by atoms with Gasteiger partial charge in [-0.25, -0.2) is 0 Å². The van der Waals surface area contributed by atoms with Crippen LogP contribution in [0.15, 0.2) is 18.2 Å². The maximum absolute atomic E-state index is 9.72. The molecule has 3 rings (SSSR count). The smallest absolute Gasteiger partial charge is 0.165 e. The summed E-state index contributed by atoms with van der Waals surface area (Å²) < 4.78 is 12.1. The molecule has 0 saturated heterocycles. The van der Waals surface area contributed by atoms with Crippen LogP contribution in [0.25, 0.3) is 0 Å². The Balaban J connectivity index is 1.78. The molecule has 1 saturated carbocycles. The van der Waals surface area contributed by atoms with Gasteiger partial charge in [0.25, 0.3) is 0 Å². The third-order valence-electron chi connectivity index (χ3n) is 3.95. The van der Waals surface area contributed by atoms with Crippen LogP contribution in [0.5, 0.6) is 11.5 Å². The number of para-hydroxylation sites is 1. The number of rotatable bonds is 2. The Morgan fingerprint density at radius 2 is 2.16 bits per heavy atom. The van der Waals surface area contributed by atoms with E-state index in [-0.39, 0.29) is 17.8 Å². The standard InChI is InChI=1S/C16H22O3/c1-16(2)10-11-5-3-8-14(15(11)19-16)18-13-7-4-6-12(17)9-13/h3,5,8,12-13,17H,4,6-7,9-10H2,1-2H3. The van der Waals surface area contributed by atoms with E-state index in [0.717, 1.165) is 43.6 Å². The molecule has 2 atom stereocenters. The average molecular weight is 262 g/mol. The molecule has 0 spiro atoms. The van der Waals surface area contributed by atoms with E-state index < -0.39 is 0 Å². The van der Waals surface area contributed by atoms with Crippen molar-refractivity contribution in [2.75, 3.05) is 0 Å². The van der Waals surface area contributed by atoms with Crippen molar-refractivity contribution in [3.8, 4) is 11.5 Å². The molecule has 2 unspecified atom stereocenters. The number of aliphatic hydroxyl groups is 1. The van der Waals surface area contributed by atoms with Gasteiger partial charge in [0.05, 0.1) is 6.10 Å². The second-order valence-corrected chi connectivity index (χ2v) is 6.34. The lowest BCUT2D eigenvalue weighted by atomic mass is 9.95. The Hall–Kier alpha value is -1.22. The van der Waals surface area contributed by atoms with E-state index >= 15 is 0 Å². The molecule has 1 aliphatic carbocycles. The molecule has 0 bridgehead atoms. The highest BCUT2D eigenvalue weighted by molar-refractivity contribution is 5.50. The Bertz CT molecular complexity index is 467. The minimum Gasteiger partial charge on any atom is -0.486 e. The number of hydrogen-bond acceptors (Lipinski definition) is 3. The molecule has 1 N–H and O–H groups in total. The van der Waals surface area contributed by atoms with Gasteiger partial charge in [0.2, 0.25) is 0 Å². The molecule has 0 amide bonds. The normalized spacial score (nSPS) is 28.6. The first-order chi connectivity index (χ1) is 9.03. The summed E-state index contributed by atoms with van der Waals surface area (Å²) in [5, 5.41) is 9.72. The van der Waals surface area contributed by atoms with E-state index in [4.69, 9.17) is 9.47 Å². The Morgan fingerprint density at radius 1 is 1.32 bits per heavy atom. The summed E-state index contributed by atoms with van der Waals surface area (Å²) in [5.41, 5.74) is 1.08. The molecule has 0 aromatic heterocycles. The van der Waals surface area contributed by atoms with E-state index in [1.54, 1.807) is 0 Å². The van der Waals surface area contributed by atoms with Gasteiger partial charge in [-0.05, 0) is 39.2 Å². The monoisotopic (exact) mass is 262 g/mol. The van der Waals surface area contributed by atoms with E-state index in [1.807, 2.05) is 12.1 Å². The summed E-state index contributed by atoms with van der Waals surface area (Å²) in [6.45, 7) is 4.20. The summed E-state index contributed by atoms with van der Waals surface area (Å²) in [4.78, 5) is 0. The van der Waals surface area contributed by atoms with Crippen LogP contribution in [0.1, 0.15) is 45.1 Å². The summed E-state index contributed by atoms with van der Waals surface area (Å²) in [7, 11) is 0.